The van der Waals surface area contributed by atoms with Crippen molar-refractivity contribution >= 4 is 17.5 Å². The van der Waals surface area contributed by atoms with Gasteiger partial charge in [0.15, 0.2) is 0 Å². The Kier molecular flexibility index (Phi) is 5.42. The molecule has 1 aliphatic heterocycles. The molecule has 2 aromatic carbocycles. The topological polar surface area (TPSA) is 50.3 Å². The zero-order valence-electron chi connectivity index (χ0n) is 16.4. The van der Waals surface area contributed by atoms with Gasteiger partial charge in [-0.15, -0.1) is 0 Å². The molecule has 0 bridgehead atoms. The van der Waals surface area contributed by atoms with Gasteiger partial charge < -0.3 is 15.0 Å². The first-order valence-corrected chi connectivity index (χ1v) is 9.82. The van der Waals surface area contributed by atoms with Crippen molar-refractivity contribution in [2.24, 2.45) is 5.92 Å². The van der Waals surface area contributed by atoms with E-state index in [2.05, 4.69) is 29.3 Å². The first-order valence-electron chi connectivity index (χ1n) is 9.82. The van der Waals surface area contributed by atoms with Gasteiger partial charge in [0.05, 0.1) is 12.8 Å². The fourth-order valence-corrected chi connectivity index (χ4v) is 3.62. The van der Waals surface area contributed by atoms with E-state index in [9.17, 15) is 0 Å². The summed E-state index contributed by atoms with van der Waals surface area (Å²) in [7, 11) is 1.67. The van der Waals surface area contributed by atoms with Crippen LogP contribution in [0.1, 0.15) is 19.8 Å². The maximum atomic E-state index is 5.34. The summed E-state index contributed by atoms with van der Waals surface area (Å²) in [6, 6.07) is 20.1. The minimum absolute atomic E-state index is 0.660. The molecular formula is C23H26N4O. The summed E-state index contributed by atoms with van der Waals surface area (Å²) >= 11 is 0. The molecule has 1 atom stereocenters. The summed E-state index contributed by atoms with van der Waals surface area (Å²) in [4.78, 5) is 12.0. The van der Waals surface area contributed by atoms with Gasteiger partial charge in [-0.2, -0.15) is 4.98 Å². The molecule has 1 aromatic heterocycles. The normalized spacial score (nSPS) is 16.6. The van der Waals surface area contributed by atoms with Gasteiger partial charge in [0.25, 0.3) is 0 Å². The van der Waals surface area contributed by atoms with Crippen LogP contribution in [0.3, 0.4) is 0 Å². The number of nitrogens with zero attached hydrogens (tertiary/aromatic N) is 3. The molecule has 5 heteroatoms. The molecule has 1 fully saturated rings. The highest BCUT2D eigenvalue weighted by molar-refractivity contribution is 5.68. The van der Waals surface area contributed by atoms with Gasteiger partial charge in [0.2, 0.25) is 5.95 Å². The van der Waals surface area contributed by atoms with E-state index in [4.69, 9.17) is 14.7 Å². The quantitative estimate of drug-likeness (QED) is 0.671. The van der Waals surface area contributed by atoms with Crippen molar-refractivity contribution in [1.82, 2.24) is 9.97 Å². The highest BCUT2D eigenvalue weighted by Gasteiger charge is 2.20. The van der Waals surface area contributed by atoms with Crippen molar-refractivity contribution in [1.29, 1.82) is 0 Å². The molecule has 1 saturated heterocycles. The molecular weight excluding hydrogens is 348 g/mol. The Labute approximate surface area is 166 Å². The molecule has 0 saturated carbocycles. The Morgan fingerprint density at radius 2 is 1.89 bits per heavy atom. The molecule has 0 spiro atoms. The Morgan fingerprint density at radius 1 is 1.04 bits per heavy atom. The van der Waals surface area contributed by atoms with Crippen LogP contribution in [0.5, 0.6) is 5.75 Å². The largest absolute Gasteiger partial charge is 0.497 e. The lowest BCUT2D eigenvalue weighted by atomic mass is 10.0. The van der Waals surface area contributed by atoms with Crippen LogP contribution in [-0.2, 0) is 0 Å². The number of benzene rings is 2. The first-order chi connectivity index (χ1) is 13.7. The van der Waals surface area contributed by atoms with Gasteiger partial charge in [-0.25, -0.2) is 4.98 Å². The fraction of sp³-hybridized carbons (Fsp3) is 0.304. The summed E-state index contributed by atoms with van der Waals surface area (Å²) < 4.78 is 5.34. The lowest BCUT2D eigenvalue weighted by molar-refractivity contribution is 0.415. The Balaban J connectivity index is 1.71. The van der Waals surface area contributed by atoms with Crippen molar-refractivity contribution in [2.45, 2.75) is 19.8 Å². The van der Waals surface area contributed by atoms with Crippen LogP contribution in [0, 0.1) is 5.92 Å². The average Bonchev–Trinajstić information content (AvgIpc) is 2.74. The molecule has 0 aliphatic carbocycles. The predicted octanol–water partition coefficient (Wildman–Crippen LogP) is 5.13. The molecule has 28 heavy (non-hydrogen) atoms. The third kappa shape index (κ3) is 4.25. The van der Waals surface area contributed by atoms with Gasteiger partial charge in [-0.05, 0) is 30.9 Å². The zero-order valence-corrected chi connectivity index (χ0v) is 16.4. The summed E-state index contributed by atoms with van der Waals surface area (Å²) in [5.74, 6) is 3.05. The monoisotopic (exact) mass is 374 g/mol. The van der Waals surface area contributed by atoms with Crippen LogP contribution >= 0.6 is 0 Å². The lowest BCUT2D eigenvalue weighted by Crippen LogP contribution is -2.35. The standard InChI is InChI=1S/C23H26N4O/c1-17-8-7-13-27(16-17)23-25-21(18-9-4-3-5-10-18)15-22(26-23)24-19-11-6-12-20(14-19)28-2/h3-6,9-12,14-15,17H,7-8,13,16H2,1-2H3,(H,24,25,26). The van der Waals surface area contributed by atoms with Crippen LogP contribution in [-0.4, -0.2) is 30.2 Å². The SMILES string of the molecule is COc1cccc(Nc2cc(-c3ccccc3)nc(N3CCCC(C)C3)n2)c1. The molecule has 0 amide bonds. The van der Waals surface area contributed by atoms with Crippen LogP contribution in [0.4, 0.5) is 17.5 Å². The van der Waals surface area contributed by atoms with Crippen molar-refractivity contribution in [2.75, 3.05) is 30.4 Å². The Morgan fingerprint density at radius 3 is 2.68 bits per heavy atom. The fourth-order valence-electron chi connectivity index (χ4n) is 3.62. The second-order valence-corrected chi connectivity index (χ2v) is 7.35. The number of anilines is 3. The van der Waals surface area contributed by atoms with Gasteiger partial charge >= 0.3 is 0 Å². The van der Waals surface area contributed by atoms with Crippen LogP contribution in [0.2, 0.25) is 0 Å². The number of nitrogens with one attached hydrogen (secondary N) is 1. The molecule has 1 unspecified atom stereocenters. The van der Waals surface area contributed by atoms with E-state index in [0.717, 1.165) is 47.5 Å². The molecule has 0 radical (unpaired) electrons. The number of hydrogen-bond acceptors (Lipinski definition) is 5. The van der Waals surface area contributed by atoms with Crippen LogP contribution in [0.25, 0.3) is 11.3 Å². The third-order valence-corrected chi connectivity index (χ3v) is 5.07. The van der Waals surface area contributed by atoms with E-state index >= 15 is 0 Å². The van der Waals surface area contributed by atoms with E-state index in [0.29, 0.717) is 5.92 Å². The number of rotatable bonds is 5. The van der Waals surface area contributed by atoms with E-state index in [1.165, 1.54) is 12.8 Å². The summed E-state index contributed by atoms with van der Waals surface area (Å²) in [6.45, 7) is 4.29. The predicted molar refractivity (Wildman–Crippen MR) is 114 cm³/mol. The second-order valence-electron chi connectivity index (χ2n) is 7.35. The number of hydrogen-bond donors (Lipinski definition) is 1. The highest BCUT2D eigenvalue weighted by Crippen LogP contribution is 2.28. The van der Waals surface area contributed by atoms with Crippen molar-refractivity contribution in [3.63, 3.8) is 0 Å². The zero-order chi connectivity index (χ0) is 19.3. The number of ether oxygens (including phenoxy) is 1. The number of aromatic nitrogens is 2. The lowest BCUT2D eigenvalue weighted by Gasteiger charge is -2.31. The Bertz CT molecular complexity index is 929. The smallest absolute Gasteiger partial charge is 0.227 e. The first kappa shape index (κ1) is 18.3. The van der Waals surface area contributed by atoms with E-state index in [1.54, 1.807) is 7.11 Å². The van der Waals surface area contributed by atoms with Gasteiger partial charge in [-0.3, -0.25) is 0 Å². The molecule has 2 heterocycles. The summed E-state index contributed by atoms with van der Waals surface area (Å²) in [6.07, 6.45) is 2.45. The van der Waals surface area contributed by atoms with Crippen LogP contribution in [0.15, 0.2) is 60.7 Å². The maximum absolute atomic E-state index is 5.34. The molecule has 4 rings (SSSR count). The molecule has 144 valence electrons. The molecule has 5 nitrogen and oxygen atoms in total. The van der Waals surface area contributed by atoms with Crippen molar-refractivity contribution in [3.8, 4) is 17.0 Å². The van der Waals surface area contributed by atoms with Crippen molar-refractivity contribution in [3.05, 3.63) is 60.7 Å². The summed E-state index contributed by atoms with van der Waals surface area (Å²) in [5, 5.41) is 3.42. The second kappa shape index (κ2) is 8.30. The van der Waals surface area contributed by atoms with Gasteiger partial charge in [0.1, 0.15) is 11.6 Å². The third-order valence-electron chi connectivity index (χ3n) is 5.07. The van der Waals surface area contributed by atoms with Crippen LogP contribution < -0.4 is 15.0 Å². The Hall–Kier alpha value is -3.08. The number of methoxy groups -OCH3 is 1. The van der Waals surface area contributed by atoms with E-state index in [1.807, 2.05) is 48.5 Å². The molecule has 1 aliphatic rings. The molecule has 1 N–H and O–H groups in total. The van der Waals surface area contributed by atoms with E-state index in [-0.39, 0.29) is 0 Å². The maximum Gasteiger partial charge on any atom is 0.227 e. The number of piperidine rings is 1. The van der Waals surface area contributed by atoms with Crippen molar-refractivity contribution < 1.29 is 4.74 Å². The van der Waals surface area contributed by atoms with E-state index < -0.39 is 0 Å². The van der Waals surface area contributed by atoms with Gasteiger partial charge in [-0.1, -0.05) is 43.3 Å². The minimum atomic E-state index is 0.660. The molecule has 3 aromatic rings. The van der Waals surface area contributed by atoms with Gasteiger partial charge in [0, 0.05) is 36.5 Å². The minimum Gasteiger partial charge on any atom is -0.497 e. The average molecular weight is 374 g/mol. The summed E-state index contributed by atoms with van der Waals surface area (Å²) in [5.41, 5.74) is 2.95. The highest BCUT2D eigenvalue weighted by atomic mass is 16.5.